The van der Waals surface area contributed by atoms with E-state index in [0.29, 0.717) is 43.5 Å². The third-order valence-corrected chi connectivity index (χ3v) is 6.60. The van der Waals surface area contributed by atoms with Crippen LogP contribution in [0.25, 0.3) is 0 Å². The molecular weight excluding hydrogens is 402 g/mol. The van der Waals surface area contributed by atoms with Crippen LogP contribution >= 0.6 is 0 Å². The zero-order valence-corrected chi connectivity index (χ0v) is 18.2. The number of ether oxygens (including phenoxy) is 1. The van der Waals surface area contributed by atoms with Crippen LogP contribution in [0.15, 0.2) is 35.5 Å². The van der Waals surface area contributed by atoms with E-state index in [2.05, 4.69) is 20.8 Å². The Labute approximate surface area is 178 Å². The molecule has 160 valence electrons. The zero-order valence-electron chi connectivity index (χ0n) is 17.3. The number of aryl methyl sites for hydroxylation is 1. The standard InChI is InChI=1S/C21H27N5O3S/c1-3-12-29-20-5-4-18(13-16(20)2)30(27,28)25-15-17-6-10-26(11-7-17)21-19(14-22)23-8-9-24-21/h4-5,8-9,13,17,25H,3,6-7,10-12,15H2,1-2H3. The molecule has 2 aromatic rings. The van der Waals surface area contributed by atoms with Gasteiger partial charge in [0.15, 0.2) is 11.5 Å². The maximum Gasteiger partial charge on any atom is 0.240 e. The largest absolute Gasteiger partial charge is 0.493 e. The summed E-state index contributed by atoms with van der Waals surface area (Å²) < 4.78 is 33.8. The topological polar surface area (TPSA) is 108 Å². The molecule has 0 radical (unpaired) electrons. The first-order valence-electron chi connectivity index (χ1n) is 10.1. The lowest BCUT2D eigenvalue weighted by molar-refractivity contribution is 0.315. The molecule has 0 spiro atoms. The van der Waals surface area contributed by atoms with Gasteiger partial charge < -0.3 is 9.64 Å². The van der Waals surface area contributed by atoms with Crippen molar-refractivity contribution in [1.29, 1.82) is 5.26 Å². The lowest BCUT2D eigenvalue weighted by Crippen LogP contribution is -2.39. The molecule has 0 atom stereocenters. The average molecular weight is 430 g/mol. The van der Waals surface area contributed by atoms with E-state index in [1.54, 1.807) is 24.4 Å². The summed E-state index contributed by atoms with van der Waals surface area (Å²) in [6.45, 7) is 6.29. The number of aromatic nitrogens is 2. The highest BCUT2D eigenvalue weighted by Gasteiger charge is 2.24. The van der Waals surface area contributed by atoms with Crippen molar-refractivity contribution in [2.45, 2.75) is 38.0 Å². The molecule has 30 heavy (non-hydrogen) atoms. The summed E-state index contributed by atoms with van der Waals surface area (Å²) in [7, 11) is -3.58. The molecule has 0 unspecified atom stereocenters. The number of benzene rings is 1. The molecule has 0 saturated carbocycles. The third-order valence-electron chi connectivity index (χ3n) is 5.18. The fraction of sp³-hybridized carbons (Fsp3) is 0.476. The van der Waals surface area contributed by atoms with E-state index in [9.17, 15) is 13.7 Å². The molecule has 0 aliphatic carbocycles. The fourth-order valence-corrected chi connectivity index (χ4v) is 4.66. The Kier molecular flexibility index (Phi) is 7.24. The Hall–Kier alpha value is -2.70. The molecule has 8 nitrogen and oxygen atoms in total. The number of rotatable bonds is 8. The lowest BCUT2D eigenvalue weighted by Gasteiger charge is -2.32. The van der Waals surface area contributed by atoms with Crippen LogP contribution in [0.4, 0.5) is 5.82 Å². The maximum absolute atomic E-state index is 12.7. The molecule has 0 bridgehead atoms. The highest BCUT2D eigenvalue weighted by Crippen LogP contribution is 2.25. The highest BCUT2D eigenvalue weighted by atomic mass is 32.2. The number of hydrogen-bond donors (Lipinski definition) is 1. The molecule has 1 aromatic carbocycles. The average Bonchev–Trinajstić information content (AvgIpc) is 2.77. The van der Waals surface area contributed by atoms with Crippen LogP contribution < -0.4 is 14.4 Å². The molecule has 1 aromatic heterocycles. The summed E-state index contributed by atoms with van der Waals surface area (Å²) in [5.41, 5.74) is 1.12. The van der Waals surface area contributed by atoms with Gasteiger partial charge in [-0.2, -0.15) is 5.26 Å². The van der Waals surface area contributed by atoms with Gasteiger partial charge in [-0.15, -0.1) is 0 Å². The Morgan fingerprint density at radius 1 is 1.27 bits per heavy atom. The second kappa shape index (κ2) is 9.87. The van der Waals surface area contributed by atoms with Gasteiger partial charge >= 0.3 is 0 Å². The molecule has 1 aliphatic heterocycles. The lowest BCUT2D eigenvalue weighted by atomic mass is 9.97. The summed E-state index contributed by atoms with van der Waals surface area (Å²) in [6.07, 6.45) is 5.61. The van der Waals surface area contributed by atoms with E-state index in [0.717, 1.165) is 24.8 Å². The first-order valence-corrected chi connectivity index (χ1v) is 11.6. The molecule has 3 rings (SSSR count). The van der Waals surface area contributed by atoms with Crippen molar-refractivity contribution >= 4 is 15.8 Å². The second-order valence-corrected chi connectivity index (χ2v) is 9.17. The van der Waals surface area contributed by atoms with Gasteiger partial charge in [0, 0.05) is 32.0 Å². The van der Waals surface area contributed by atoms with Crippen LogP contribution in [-0.2, 0) is 10.0 Å². The minimum Gasteiger partial charge on any atom is -0.493 e. The number of nitriles is 1. The third kappa shape index (κ3) is 5.26. The van der Waals surface area contributed by atoms with E-state index in [1.165, 1.54) is 6.20 Å². The van der Waals surface area contributed by atoms with Crippen LogP contribution in [0, 0.1) is 24.2 Å². The second-order valence-electron chi connectivity index (χ2n) is 7.40. The summed E-state index contributed by atoms with van der Waals surface area (Å²) >= 11 is 0. The van der Waals surface area contributed by atoms with Crippen molar-refractivity contribution in [3.8, 4) is 11.8 Å². The SMILES string of the molecule is CCCOc1ccc(S(=O)(=O)NCC2CCN(c3nccnc3C#N)CC2)cc1C. The van der Waals surface area contributed by atoms with Gasteiger partial charge in [-0.1, -0.05) is 6.92 Å². The highest BCUT2D eigenvalue weighted by molar-refractivity contribution is 7.89. The van der Waals surface area contributed by atoms with E-state index in [-0.39, 0.29) is 10.8 Å². The van der Waals surface area contributed by atoms with Gasteiger partial charge in [-0.3, -0.25) is 0 Å². The predicted molar refractivity (Wildman–Crippen MR) is 114 cm³/mol. The summed E-state index contributed by atoms with van der Waals surface area (Å²) in [4.78, 5) is 10.6. The van der Waals surface area contributed by atoms with Gasteiger partial charge in [0.05, 0.1) is 11.5 Å². The Morgan fingerprint density at radius 2 is 2.00 bits per heavy atom. The molecule has 1 saturated heterocycles. The van der Waals surface area contributed by atoms with Crippen molar-refractivity contribution in [2.24, 2.45) is 5.92 Å². The fourth-order valence-electron chi connectivity index (χ4n) is 3.46. The van der Waals surface area contributed by atoms with Crippen LogP contribution in [-0.4, -0.2) is 44.6 Å². The summed E-state index contributed by atoms with van der Waals surface area (Å²) in [5.74, 6) is 1.54. The first-order chi connectivity index (χ1) is 14.4. The minimum atomic E-state index is -3.58. The van der Waals surface area contributed by atoms with Gasteiger partial charge in [-0.25, -0.2) is 23.1 Å². The molecule has 9 heteroatoms. The van der Waals surface area contributed by atoms with Crippen molar-refractivity contribution in [2.75, 3.05) is 31.1 Å². The van der Waals surface area contributed by atoms with Gasteiger partial charge in [0.1, 0.15) is 11.8 Å². The number of nitrogens with zero attached hydrogens (tertiary/aromatic N) is 4. The van der Waals surface area contributed by atoms with Gasteiger partial charge in [0.25, 0.3) is 0 Å². The Bertz CT molecular complexity index is 1010. The van der Waals surface area contributed by atoms with E-state index in [1.807, 2.05) is 18.7 Å². The molecule has 1 N–H and O–H groups in total. The number of piperidine rings is 1. The monoisotopic (exact) mass is 429 g/mol. The van der Waals surface area contributed by atoms with Crippen LogP contribution in [0.2, 0.25) is 0 Å². The zero-order chi connectivity index (χ0) is 21.6. The molecular formula is C21H27N5O3S. The van der Waals surface area contributed by atoms with Crippen LogP contribution in [0.5, 0.6) is 5.75 Å². The van der Waals surface area contributed by atoms with Crippen LogP contribution in [0.1, 0.15) is 37.4 Å². The predicted octanol–water partition coefficient (Wildman–Crippen LogP) is 2.64. The molecule has 1 aliphatic rings. The summed E-state index contributed by atoms with van der Waals surface area (Å²) in [6, 6.07) is 7.02. The quantitative estimate of drug-likeness (QED) is 0.687. The normalized spacial score (nSPS) is 15.0. The van der Waals surface area contributed by atoms with Gasteiger partial charge in [-0.05, 0) is 55.9 Å². The number of nitrogens with one attached hydrogen (secondary N) is 1. The molecule has 1 fully saturated rings. The maximum atomic E-state index is 12.7. The first kappa shape index (κ1) is 22.0. The van der Waals surface area contributed by atoms with E-state index < -0.39 is 10.0 Å². The Balaban J connectivity index is 1.56. The molecule has 2 heterocycles. The van der Waals surface area contributed by atoms with Crippen molar-refractivity contribution in [3.05, 3.63) is 41.9 Å². The van der Waals surface area contributed by atoms with Crippen molar-refractivity contribution < 1.29 is 13.2 Å². The summed E-state index contributed by atoms with van der Waals surface area (Å²) in [5, 5.41) is 9.20. The van der Waals surface area contributed by atoms with Gasteiger partial charge in [0.2, 0.25) is 10.0 Å². The van der Waals surface area contributed by atoms with E-state index >= 15 is 0 Å². The van der Waals surface area contributed by atoms with Crippen molar-refractivity contribution in [1.82, 2.24) is 14.7 Å². The molecule has 0 amide bonds. The number of hydrogen-bond acceptors (Lipinski definition) is 7. The Morgan fingerprint density at radius 3 is 2.67 bits per heavy atom. The smallest absolute Gasteiger partial charge is 0.240 e. The van der Waals surface area contributed by atoms with Crippen molar-refractivity contribution in [3.63, 3.8) is 0 Å². The minimum absolute atomic E-state index is 0.228. The number of anilines is 1. The van der Waals surface area contributed by atoms with E-state index in [4.69, 9.17) is 4.74 Å². The number of sulfonamides is 1. The van der Waals surface area contributed by atoms with Crippen LogP contribution in [0.3, 0.4) is 0 Å².